The van der Waals surface area contributed by atoms with E-state index in [4.69, 9.17) is 0 Å². The third-order valence-electron chi connectivity index (χ3n) is 3.73. The molecular weight excluding hydrogens is 261 g/mol. The van der Waals surface area contributed by atoms with Gasteiger partial charge in [-0.25, -0.2) is 4.39 Å². The lowest BCUT2D eigenvalue weighted by Crippen LogP contribution is -2.33. The molecule has 3 rings (SSSR count). The van der Waals surface area contributed by atoms with Crippen LogP contribution in [0.25, 0.3) is 0 Å². The maximum atomic E-state index is 13.6. The normalized spacial score (nSPS) is 18.5. The first-order chi connectivity index (χ1) is 9.19. The van der Waals surface area contributed by atoms with E-state index >= 15 is 0 Å². The smallest absolute Gasteiger partial charge is 0.125 e. The Morgan fingerprint density at radius 1 is 1.42 bits per heavy atom. The van der Waals surface area contributed by atoms with Gasteiger partial charge in [0.1, 0.15) is 5.82 Å². The van der Waals surface area contributed by atoms with Gasteiger partial charge in [-0.05, 0) is 54.1 Å². The molecule has 1 aromatic heterocycles. The molecule has 0 fully saturated rings. The van der Waals surface area contributed by atoms with Crippen molar-refractivity contribution in [3.05, 3.63) is 51.5 Å². The molecule has 4 heteroatoms. The summed E-state index contributed by atoms with van der Waals surface area (Å²) in [5, 5.41) is 11.3. The fourth-order valence-electron chi connectivity index (χ4n) is 2.75. The summed E-state index contributed by atoms with van der Waals surface area (Å²) < 4.78 is 13.6. The topological polar surface area (TPSA) is 23.5 Å². The molecule has 2 aromatic rings. The second-order valence-corrected chi connectivity index (χ2v) is 5.89. The monoisotopic (exact) mass is 277 g/mol. The Morgan fingerprint density at radius 3 is 3.05 bits per heavy atom. The number of thiophene rings is 1. The van der Waals surface area contributed by atoms with Gasteiger partial charge in [0, 0.05) is 17.1 Å². The van der Waals surface area contributed by atoms with Crippen LogP contribution in [0, 0.1) is 5.82 Å². The average Bonchev–Trinajstić information content (AvgIpc) is 2.87. The molecule has 0 bridgehead atoms. The van der Waals surface area contributed by atoms with Crippen LogP contribution in [0.1, 0.15) is 29.0 Å². The van der Waals surface area contributed by atoms with Crippen molar-refractivity contribution in [3.8, 4) is 0 Å². The molecule has 2 heterocycles. The van der Waals surface area contributed by atoms with Crippen molar-refractivity contribution in [2.24, 2.45) is 0 Å². The number of fused-ring (bicyclic) bond motifs is 1. The first-order valence-corrected chi connectivity index (χ1v) is 7.30. The highest BCUT2D eigenvalue weighted by Gasteiger charge is 2.25. The van der Waals surface area contributed by atoms with Crippen molar-refractivity contribution in [3.63, 3.8) is 0 Å². The van der Waals surface area contributed by atoms with Crippen molar-refractivity contribution in [2.75, 3.05) is 11.4 Å². The Bertz CT molecular complexity index is 596. The van der Waals surface area contributed by atoms with Crippen LogP contribution < -0.4 is 4.90 Å². The van der Waals surface area contributed by atoms with E-state index < -0.39 is 0 Å². The van der Waals surface area contributed by atoms with Crippen LogP contribution in [0.4, 0.5) is 10.1 Å². The molecule has 100 valence electrons. The van der Waals surface area contributed by atoms with Crippen molar-refractivity contribution < 1.29 is 9.50 Å². The highest BCUT2D eigenvalue weighted by Crippen LogP contribution is 2.36. The van der Waals surface area contributed by atoms with Gasteiger partial charge >= 0.3 is 0 Å². The quantitative estimate of drug-likeness (QED) is 0.908. The lowest BCUT2D eigenvalue weighted by Gasteiger charge is -2.35. The van der Waals surface area contributed by atoms with Gasteiger partial charge in [0.25, 0.3) is 0 Å². The number of rotatable bonds is 2. The highest BCUT2D eigenvalue weighted by molar-refractivity contribution is 7.10. The van der Waals surface area contributed by atoms with Gasteiger partial charge in [-0.3, -0.25) is 0 Å². The molecule has 0 saturated carbocycles. The number of aliphatic hydroxyl groups excluding tert-OH is 1. The minimum Gasteiger partial charge on any atom is -0.392 e. The second kappa shape index (κ2) is 4.94. The zero-order chi connectivity index (χ0) is 13.4. The first kappa shape index (κ1) is 12.6. The van der Waals surface area contributed by atoms with Gasteiger partial charge in [-0.15, -0.1) is 11.3 Å². The molecule has 0 spiro atoms. The molecular formula is C15H16FNOS. The summed E-state index contributed by atoms with van der Waals surface area (Å²) in [5.41, 5.74) is 2.82. The van der Waals surface area contributed by atoms with E-state index in [2.05, 4.69) is 23.3 Å². The van der Waals surface area contributed by atoms with Crippen LogP contribution in [0.5, 0.6) is 0 Å². The highest BCUT2D eigenvalue weighted by atomic mass is 32.1. The molecule has 0 amide bonds. The molecule has 1 atom stereocenters. The summed E-state index contributed by atoms with van der Waals surface area (Å²) in [5.74, 6) is -0.287. The molecule has 0 saturated heterocycles. The number of hydrogen-bond donors (Lipinski definition) is 1. The van der Waals surface area contributed by atoms with E-state index in [1.165, 1.54) is 16.5 Å². The number of nitrogens with zero attached hydrogens (tertiary/aromatic N) is 1. The lowest BCUT2D eigenvalue weighted by atomic mass is 10.0. The SMILES string of the molecule is CC1c2ccsc2CCN1c1cc(F)cc(CO)c1. The summed E-state index contributed by atoms with van der Waals surface area (Å²) in [6, 6.07) is 7.21. The Kier molecular flexibility index (Phi) is 3.29. The summed E-state index contributed by atoms with van der Waals surface area (Å²) in [6.45, 7) is 2.91. The van der Waals surface area contributed by atoms with Crippen LogP contribution in [-0.4, -0.2) is 11.7 Å². The molecule has 1 unspecified atom stereocenters. The van der Waals surface area contributed by atoms with Gasteiger partial charge < -0.3 is 10.0 Å². The van der Waals surface area contributed by atoms with Gasteiger partial charge in [0.05, 0.1) is 12.6 Å². The van der Waals surface area contributed by atoms with Gasteiger partial charge in [0.15, 0.2) is 0 Å². The maximum Gasteiger partial charge on any atom is 0.125 e. The number of anilines is 1. The van der Waals surface area contributed by atoms with Gasteiger partial charge in [-0.1, -0.05) is 0 Å². The minimum atomic E-state index is -0.287. The minimum absolute atomic E-state index is 0.128. The lowest BCUT2D eigenvalue weighted by molar-refractivity contribution is 0.281. The Hall–Kier alpha value is -1.39. The molecule has 2 nitrogen and oxygen atoms in total. The number of benzene rings is 1. The van der Waals surface area contributed by atoms with Crippen LogP contribution in [-0.2, 0) is 13.0 Å². The second-order valence-electron chi connectivity index (χ2n) is 4.89. The van der Waals surface area contributed by atoms with E-state index in [-0.39, 0.29) is 18.5 Å². The van der Waals surface area contributed by atoms with Crippen LogP contribution in [0.3, 0.4) is 0 Å². The molecule has 19 heavy (non-hydrogen) atoms. The number of aliphatic hydroxyl groups is 1. The Balaban J connectivity index is 1.97. The predicted octanol–water partition coefficient (Wildman–Crippen LogP) is 3.50. The van der Waals surface area contributed by atoms with E-state index in [9.17, 15) is 9.50 Å². The zero-order valence-electron chi connectivity index (χ0n) is 10.8. The average molecular weight is 277 g/mol. The third-order valence-corrected chi connectivity index (χ3v) is 4.73. The fourth-order valence-corrected chi connectivity index (χ4v) is 3.72. The van der Waals surface area contributed by atoms with Crippen LogP contribution in [0.2, 0.25) is 0 Å². The summed E-state index contributed by atoms with van der Waals surface area (Å²) in [7, 11) is 0. The van der Waals surface area contributed by atoms with Gasteiger partial charge in [-0.2, -0.15) is 0 Å². The number of halogens is 1. The van der Waals surface area contributed by atoms with Crippen molar-refractivity contribution in [2.45, 2.75) is 26.0 Å². The van der Waals surface area contributed by atoms with Gasteiger partial charge in [0.2, 0.25) is 0 Å². The van der Waals surface area contributed by atoms with Crippen LogP contribution in [0.15, 0.2) is 29.6 Å². The van der Waals surface area contributed by atoms with E-state index in [1.807, 2.05) is 6.07 Å². The fraction of sp³-hybridized carbons (Fsp3) is 0.333. The summed E-state index contributed by atoms with van der Waals surface area (Å²) in [4.78, 5) is 3.64. The predicted molar refractivity (Wildman–Crippen MR) is 76.1 cm³/mol. The Labute approximate surface area is 116 Å². The molecule has 0 aliphatic carbocycles. The zero-order valence-corrected chi connectivity index (χ0v) is 11.6. The molecule has 1 N–H and O–H groups in total. The standard InChI is InChI=1S/C15H16FNOS/c1-10-14-3-5-19-15(14)2-4-17(10)13-7-11(9-18)6-12(16)8-13/h3,5-8,10,18H,2,4,9H2,1H3. The van der Waals surface area contributed by atoms with Crippen molar-refractivity contribution >= 4 is 17.0 Å². The largest absolute Gasteiger partial charge is 0.392 e. The van der Waals surface area contributed by atoms with E-state index in [0.29, 0.717) is 5.56 Å². The first-order valence-electron chi connectivity index (χ1n) is 6.42. The van der Waals surface area contributed by atoms with Crippen LogP contribution >= 0.6 is 11.3 Å². The number of hydrogen-bond acceptors (Lipinski definition) is 3. The van der Waals surface area contributed by atoms with Crippen molar-refractivity contribution in [1.29, 1.82) is 0 Å². The molecule has 0 radical (unpaired) electrons. The van der Waals surface area contributed by atoms with Crippen molar-refractivity contribution in [1.82, 2.24) is 0 Å². The Morgan fingerprint density at radius 2 is 2.26 bits per heavy atom. The molecule has 1 aromatic carbocycles. The third kappa shape index (κ3) is 2.26. The van der Waals surface area contributed by atoms with E-state index in [0.717, 1.165) is 18.7 Å². The van der Waals surface area contributed by atoms with E-state index in [1.54, 1.807) is 17.4 Å². The molecule has 1 aliphatic heterocycles. The summed E-state index contributed by atoms with van der Waals surface area (Å²) >= 11 is 1.80. The summed E-state index contributed by atoms with van der Waals surface area (Å²) in [6.07, 6.45) is 1.00. The maximum absolute atomic E-state index is 13.6. The molecule has 1 aliphatic rings.